The van der Waals surface area contributed by atoms with E-state index < -0.39 is 21.7 Å². The lowest BCUT2D eigenvalue weighted by Crippen LogP contribution is -2.25. The number of benzene rings is 1. The number of rotatable bonds is 6. The van der Waals surface area contributed by atoms with Gasteiger partial charge in [0.25, 0.3) is 0 Å². The van der Waals surface area contributed by atoms with Crippen LogP contribution < -0.4 is 0 Å². The van der Waals surface area contributed by atoms with Gasteiger partial charge in [-0.1, -0.05) is 44.2 Å². The van der Waals surface area contributed by atoms with Gasteiger partial charge in [-0.3, -0.25) is 4.79 Å². The Hall–Kier alpha value is -1.36. The molecule has 100 valence electrons. The summed E-state index contributed by atoms with van der Waals surface area (Å²) in [6, 6.07) is 8.47. The van der Waals surface area contributed by atoms with Crippen molar-refractivity contribution in [2.24, 2.45) is 5.92 Å². The lowest BCUT2D eigenvalue weighted by Gasteiger charge is -2.14. The minimum absolute atomic E-state index is 0.000202. The molecule has 0 fully saturated rings. The summed E-state index contributed by atoms with van der Waals surface area (Å²) in [5.41, 5.74) is 0.525. The first-order chi connectivity index (χ1) is 8.32. The van der Waals surface area contributed by atoms with E-state index in [0.29, 0.717) is 5.56 Å². The van der Waals surface area contributed by atoms with Crippen LogP contribution in [-0.4, -0.2) is 31.0 Å². The molecule has 0 bridgehead atoms. The summed E-state index contributed by atoms with van der Waals surface area (Å²) in [4.78, 5) is 11.2. The molecular weight excluding hydrogens is 252 g/mol. The fourth-order valence-corrected chi connectivity index (χ4v) is 3.82. The SMILES string of the molecule is CC(C)CS(=O)(=O)CC(C(=O)O)c1ccccc1. The minimum Gasteiger partial charge on any atom is -0.481 e. The van der Waals surface area contributed by atoms with Crippen LogP contribution in [0.25, 0.3) is 0 Å². The average Bonchev–Trinajstić information content (AvgIpc) is 2.25. The first-order valence-electron chi connectivity index (χ1n) is 5.80. The Bertz CT molecular complexity index is 491. The molecule has 0 heterocycles. The molecule has 0 saturated carbocycles. The largest absolute Gasteiger partial charge is 0.481 e. The Balaban J connectivity index is 2.93. The van der Waals surface area contributed by atoms with E-state index in [-0.39, 0.29) is 17.4 Å². The van der Waals surface area contributed by atoms with Crippen LogP contribution in [0.3, 0.4) is 0 Å². The molecule has 1 N–H and O–H groups in total. The molecule has 5 heteroatoms. The number of hydrogen-bond donors (Lipinski definition) is 1. The number of carboxylic acids is 1. The third-order valence-electron chi connectivity index (χ3n) is 2.51. The molecule has 1 rings (SSSR count). The molecule has 0 saturated heterocycles. The van der Waals surface area contributed by atoms with Crippen LogP contribution in [0, 0.1) is 5.92 Å². The van der Waals surface area contributed by atoms with Crippen molar-refractivity contribution in [1.82, 2.24) is 0 Å². The monoisotopic (exact) mass is 270 g/mol. The van der Waals surface area contributed by atoms with Gasteiger partial charge in [0.15, 0.2) is 9.84 Å². The minimum atomic E-state index is -3.35. The van der Waals surface area contributed by atoms with Crippen molar-refractivity contribution in [1.29, 1.82) is 0 Å². The second-order valence-electron chi connectivity index (χ2n) is 4.77. The van der Waals surface area contributed by atoms with Crippen LogP contribution in [0.15, 0.2) is 30.3 Å². The normalized spacial score (nSPS) is 13.5. The second kappa shape index (κ2) is 6.00. The number of hydrogen-bond acceptors (Lipinski definition) is 3. The van der Waals surface area contributed by atoms with Gasteiger partial charge >= 0.3 is 5.97 Å². The van der Waals surface area contributed by atoms with Crippen molar-refractivity contribution in [2.45, 2.75) is 19.8 Å². The van der Waals surface area contributed by atoms with E-state index in [4.69, 9.17) is 5.11 Å². The van der Waals surface area contributed by atoms with Crippen LogP contribution in [0.5, 0.6) is 0 Å². The highest BCUT2D eigenvalue weighted by Gasteiger charge is 2.27. The summed E-state index contributed by atoms with van der Waals surface area (Å²) in [5, 5.41) is 9.16. The van der Waals surface area contributed by atoms with Gasteiger partial charge in [-0.05, 0) is 11.5 Å². The predicted octanol–water partition coefficient (Wildman–Crippen LogP) is 1.93. The quantitative estimate of drug-likeness (QED) is 0.857. The van der Waals surface area contributed by atoms with E-state index in [1.807, 2.05) is 0 Å². The highest BCUT2D eigenvalue weighted by molar-refractivity contribution is 7.91. The molecule has 1 aromatic carbocycles. The van der Waals surface area contributed by atoms with Crippen molar-refractivity contribution in [2.75, 3.05) is 11.5 Å². The zero-order valence-electron chi connectivity index (χ0n) is 10.5. The summed E-state index contributed by atoms with van der Waals surface area (Å²) >= 11 is 0. The molecule has 18 heavy (non-hydrogen) atoms. The van der Waals surface area contributed by atoms with Gasteiger partial charge in [0.05, 0.1) is 17.4 Å². The highest BCUT2D eigenvalue weighted by Crippen LogP contribution is 2.19. The maximum atomic E-state index is 11.9. The topological polar surface area (TPSA) is 71.4 Å². The van der Waals surface area contributed by atoms with Crippen molar-refractivity contribution in [3.05, 3.63) is 35.9 Å². The zero-order valence-corrected chi connectivity index (χ0v) is 11.4. The molecule has 1 unspecified atom stereocenters. The van der Waals surface area contributed by atoms with Gasteiger partial charge in [0.1, 0.15) is 0 Å². The maximum absolute atomic E-state index is 11.9. The molecule has 0 radical (unpaired) electrons. The molecule has 0 aliphatic rings. The first-order valence-corrected chi connectivity index (χ1v) is 7.62. The van der Waals surface area contributed by atoms with Gasteiger partial charge in [0, 0.05) is 0 Å². The average molecular weight is 270 g/mol. The molecule has 0 aliphatic heterocycles. The second-order valence-corrected chi connectivity index (χ2v) is 6.93. The highest BCUT2D eigenvalue weighted by atomic mass is 32.2. The smallest absolute Gasteiger partial charge is 0.312 e. The van der Waals surface area contributed by atoms with Crippen LogP contribution in [-0.2, 0) is 14.6 Å². The summed E-state index contributed by atoms with van der Waals surface area (Å²) in [6.45, 7) is 3.60. The van der Waals surface area contributed by atoms with Crippen molar-refractivity contribution < 1.29 is 18.3 Å². The third-order valence-corrected chi connectivity index (χ3v) is 4.52. The third kappa shape index (κ3) is 4.49. The zero-order chi connectivity index (χ0) is 13.8. The van der Waals surface area contributed by atoms with E-state index in [9.17, 15) is 13.2 Å². The molecule has 1 atom stereocenters. The standard InChI is InChI=1S/C13H18O4S/c1-10(2)8-18(16,17)9-12(13(14)15)11-6-4-3-5-7-11/h3-7,10,12H,8-9H2,1-2H3,(H,14,15). The molecule has 0 aliphatic carbocycles. The summed E-state index contributed by atoms with van der Waals surface area (Å²) in [6.07, 6.45) is 0. The van der Waals surface area contributed by atoms with Gasteiger partial charge in [0.2, 0.25) is 0 Å². The summed E-state index contributed by atoms with van der Waals surface area (Å²) in [7, 11) is -3.35. The lowest BCUT2D eigenvalue weighted by atomic mass is 10.0. The van der Waals surface area contributed by atoms with E-state index in [2.05, 4.69) is 0 Å². The van der Waals surface area contributed by atoms with Gasteiger partial charge in [-0.25, -0.2) is 8.42 Å². The summed E-state index contributed by atoms with van der Waals surface area (Å²) < 4.78 is 23.7. The molecule has 4 nitrogen and oxygen atoms in total. The van der Waals surface area contributed by atoms with Gasteiger partial charge in [-0.15, -0.1) is 0 Å². The fourth-order valence-electron chi connectivity index (χ4n) is 1.83. The number of sulfone groups is 1. The number of carbonyl (C=O) groups is 1. The van der Waals surface area contributed by atoms with E-state index in [1.54, 1.807) is 44.2 Å². The van der Waals surface area contributed by atoms with Crippen LogP contribution in [0.2, 0.25) is 0 Å². The molecular formula is C13H18O4S. The Kier molecular flexibility index (Phi) is 4.90. The van der Waals surface area contributed by atoms with E-state index in [1.165, 1.54) is 0 Å². The van der Waals surface area contributed by atoms with Gasteiger partial charge in [-0.2, -0.15) is 0 Å². The van der Waals surface area contributed by atoms with Crippen LogP contribution in [0.4, 0.5) is 0 Å². The molecule has 0 spiro atoms. The number of aliphatic carboxylic acids is 1. The summed E-state index contributed by atoms with van der Waals surface area (Å²) in [5.74, 6) is -2.42. The Morgan fingerprint density at radius 1 is 1.17 bits per heavy atom. The molecule has 0 amide bonds. The van der Waals surface area contributed by atoms with Crippen molar-refractivity contribution in [3.63, 3.8) is 0 Å². The first kappa shape index (κ1) is 14.7. The van der Waals surface area contributed by atoms with Crippen molar-refractivity contribution >= 4 is 15.8 Å². The molecule has 1 aromatic rings. The van der Waals surface area contributed by atoms with Crippen molar-refractivity contribution in [3.8, 4) is 0 Å². The van der Waals surface area contributed by atoms with Gasteiger partial charge < -0.3 is 5.11 Å². The fraction of sp³-hybridized carbons (Fsp3) is 0.462. The van der Waals surface area contributed by atoms with Crippen LogP contribution in [0.1, 0.15) is 25.3 Å². The molecule has 0 aromatic heterocycles. The van der Waals surface area contributed by atoms with Crippen LogP contribution >= 0.6 is 0 Å². The number of carboxylic acid groups (broad SMARTS) is 1. The Morgan fingerprint density at radius 3 is 2.17 bits per heavy atom. The Morgan fingerprint density at radius 2 is 1.72 bits per heavy atom. The van der Waals surface area contributed by atoms with E-state index in [0.717, 1.165) is 0 Å². The van der Waals surface area contributed by atoms with E-state index >= 15 is 0 Å². The lowest BCUT2D eigenvalue weighted by molar-refractivity contribution is -0.138. The Labute approximate surface area is 108 Å². The predicted molar refractivity (Wildman–Crippen MR) is 70.3 cm³/mol. The maximum Gasteiger partial charge on any atom is 0.312 e.